The van der Waals surface area contributed by atoms with Gasteiger partial charge in [0, 0.05) is 25.4 Å². The molecular formula is C14H22N2O. The fraction of sp³-hybridized carbons (Fsp3) is 0.571. The summed E-state index contributed by atoms with van der Waals surface area (Å²) in [5.74, 6) is 0. The average molecular weight is 234 g/mol. The summed E-state index contributed by atoms with van der Waals surface area (Å²) < 4.78 is 5.61. The fourth-order valence-electron chi connectivity index (χ4n) is 2.43. The predicted octanol–water partition coefficient (Wildman–Crippen LogP) is 2.32. The molecule has 1 heterocycles. The third-order valence-corrected chi connectivity index (χ3v) is 3.66. The quantitative estimate of drug-likeness (QED) is 0.872. The van der Waals surface area contributed by atoms with Crippen molar-refractivity contribution in [3.8, 4) is 0 Å². The molecular weight excluding hydrogens is 212 g/mol. The summed E-state index contributed by atoms with van der Waals surface area (Å²) in [6.45, 7) is 5.02. The van der Waals surface area contributed by atoms with E-state index in [0.29, 0.717) is 12.1 Å². The third kappa shape index (κ3) is 2.61. The molecule has 2 rings (SSSR count). The second-order valence-corrected chi connectivity index (χ2v) is 4.92. The fourth-order valence-corrected chi connectivity index (χ4v) is 2.43. The van der Waals surface area contributed by atoms with Crippen LogP contribution in [0.25, 0.3) is 0 Å². The van der Waals surface area contributed by atoms with Crippen LogP contribution >= 0.6 is 0 Å². The first-order valence-corrected chi connectivity index (χ1v) is 6.29. The van der Waals surface area contributed by atoms with Crippen molar-refractivity contribution >= 4 is 5.69 Å². The first-order valence-electron chi connectivity index (χ1n) is 6.29. The van der Waals surface area contributed by atoms with E-state index in [1.165, 1.54) is 11.3 Å². The molecule has 1 saturated heterocycles. The van der Waals surface area contributed by atoms with Gasteiger partial charge in [0.15, 0.2) is 0 Å². The van der Waals surface area contributed by atoms with Crippen LogP contribution in [0.1, 0.15) is 31.9 Å². The van der Waals surface area contributed by atoms with Gasteiger partial charge in [-0.25, -0.2) is 0 Å². The molecule has 0 bridgehead atoms. The summed E-state index contributed by atoms with van der Waals surface area (Å²) >= 11 is 0. The summed E-state index contributed by atoms with van der Waals surface area (Å²) in [6, 6.07) is 9.08. The van der Waals surface area contributed by atoms with Gasteiger partial charge in [-0.2, -0.15) is 0 Å². The summed E-state index contributed by atoms with van der Waals surface area (Å²) in [6.07, 6.45) is 1.42. The van der Waals surface area contributed by atoms with E-state index >= 15 is 0 Å². The SMILES string of the molecule is CC1OCCC1N(C)c1ccc([C@H](C)N)cc1. The summed E-state index contributed by atoms with van der Waals surface area (Å²) in [7, 11) is 2.14. The molecule has 0 aromatic heterocycles. The Bertz CT molecular complexity index is 361. The first kappa shape index (κ1) is 12.4. The Hall–Kier alpha value is -1.06. The van der Waals surface area contributed by atoms with Gasteiger partial charge in [0.25, 0.3) is 0 Å². The largest absolute Gasteiger partial charge is 0.376 e. The number of hydrogen-bond acceptors (Lipinski definition) is 3. The van der Waals surface area contributed by atoms with Crippen molar-refractivity contribution in [1.29, 1.82) is 0 Å². The van der Waals surface area contributed by atoms with Gasteiger partial charge in [0.2, 0.25) is 0 Å². The zero-order valence-corrected chi connectivity index (χ0v) is 10.9. The molecule has 0 amide bonds. The molecule has 0 spiro atoms. The van der Waals surface area contributed by atoms with Gasteiger partial charge < -0.3 is 15.4 Å². The van der Waals surface area contributed by atoms with Crippen molar-refractivity contribution in [3.05, 3.63) is 29.8 Å². The molecule has 2 N–H and O–H groups in total. The Morgan fingerprint density at radius 2 is 2.00 bits per heavy atom. The van der Waals surface area contributed by atoms with E-state index in [-0.39, 0.29) is 6.04 Å². The molecule has 94 valence electrons. The average Bonchev–Trinajstić information content (AvgIpc) is 2.74. The lowest BCUT2D eigenvalue weighted by Gasteiger charge is -2.29. The van der Waals surface area contributed by atoms with E-state index in [9.17, 15) is 0 Å². The van der Waals surface area contributed by atoms with Crippen LogP contribution in [0.5, 0.6) is 0 Å². The van der Waals surface area contributed by atoms with Gasteiger partial charge in [-0.3, -0.25) is 0 Å². The van der Waals surface area contributed by atoms with Crippen molar-refractivity contribution in [1.82, 2.24) is 0 Å². The highest BCUT2D eigenvalue weighted by Crippen LogP contribution is 2.25. The smallest absolute Gasteiger partial charge is 0.0750 e. The highest BCUT2D eigenvalue weighted by atomic mass is 16.5. The lowest BCUT2D eigenvalue weighted by molar-refractivity contribution is 0.118. The van der Waals surface area contributed by atoms with Crippen LogP contribution in [0.2, 0.25) is 0 Å². The molecule has 0 aliphatic carbocycles. The zero-order valence-electron chi connectivity index (χ0n) is 10.9. The highest BCUT2D eigenvalue weighted by Gasteiger charge is 2.27. The molecule has 1 aromatic carbocycles. The van der Waals surface area contributed by atoms with Gasteiger partial charge in [0.05, 0.1) is 12.1 Å². The van der Waals surface area contributed by atoms with Crippen LogP contribution in [0, 0.1) is 0 Å². The van der Waals surface area contributed by atoms with Crippen LogP contribution < -0.4 is 10.6 Å². The van der Waals surface area contributed by atoms with Crippen molar-refractivity contribution in [2.75, 3.05) is 18.6 Å². The lowest BCUT2D eigenvalue weighted by Crippen LogP contribution is -2.36. The van der Waals surface area contributed by atoms with E-state index in [0.717, 1.165) is 13.0 Å². The van der Waals surface area contributed by atoms with E-state index in [1.54, 1.807) is 0 Å². The number of likely N-dealkylation sites (N-methyl/N-ethyl adjacent to an activating group) is 1. The van der Waals surface area contributed by atoms with Gasteiger partial charge in [0.1, 0.15) is 0 Å². The van der Waals surface area contributed by atoms with Crippen LogP contribution in [-0.2, 0) is 4.74 Å². The lowest BCUT2D eigenvalue weighted by atomic mass is 10.1. The van der Waals surface area contributed by atoms with E-state index in [1.807, 2.05) is 6.92 Å². The van der Waals surface area contributed by atoms with Gasteiger partial charge in [-0.15, -0.1) is 0 Å². The minimum Gasteiger partial charge on any atom is -0.376 e. The van der Waals surface area contributed by atoms with Gasteiger partial charge in [-0.1, -0.05) is 12.1 Å². The van der Waals surface area contributed by atoms with Crippen molar-refractivity contribution in [2.24, 2.45) is 5.73 Å². The molecule has 2 unspecified atom stereocenters. The first-order chi connectivity index (χ1) is 8.09. The molecule has 17 heavy (non-hydrogen) atoms. The third-order valence-electron chi connectivity index (χ3n) is 3.66. The number of hydrogen-bond donors (Lipinski definition) is 1. The standard InChI is InChI=1S/C14H22N2O/c1-10(15)12-4-6-13(7-5-12)16(3)14-8-9-17-11(14)2/h4-7,10-11,14H,8-9,15H2,1-3H3/t10-,11?,14?/m0/s1. The Morgan fingerprint density at radius 3 is 2.47 bits per heavy atom. The molecule has 3 nitrogen and oxygen atoms in total. The van der Waals surface area contributed by atoms with E-state index in [2.05, 4.69) is 43.1 Å². The van der Waals surface area contributed by atoms with Gasteiger partial charge >= 0.3 is 0 Å². The van der Waals surface area contributed by atoms with Crippen molar-refractivity contribution in [3.63, 3.8) is 0 Å². The summed E-state index contributed by atoms with van der Waals surface area (Å²) in [5, 5.41) is 0. The monoisotopic (exact) mass is 234 g/mol. The normalized spacial score (nSPS) is 25.9. The number of benzene rings is 1. The molecule has 3 heteroatoms. The van der Waals surface area contributed by atoms with Crippen LogP contribution in [0.3, 0.4) is 0 Å². The predicted molar refractivity (Wildman–Crippen MR) is 71.3 cm³/mol. The maximum absolute atomic E-state index is 5.85. The number of rotatable bonds is 3. The maximum atomic E-state index is 5.85. The number of nitrogens with two attached hydrogens (primary N) is 1. The zero-order chi connectivity index (χ0) is 12.4. The molecule has 1 fully saturated rings. The van der Waals surface area contributed by atoms with E-state index < -0.39 is 0 Å². The molecule has 0 saturated carbocycles. The van der Waals surface area contributed by atoms with Crippen molar-refractivity contribution in [2.45, 2.75) is 38.5 Å². The molecule has 0 radical (unpaired) electrons. The Labute approximate surface area is 104 Å². The minimum absolute atomic E-state index is 0.100. The van der Waals surface area contributed by atoms with Crippen LogP contribution in [0.15, 0.2) is 24.3 Å². The number of nitrogens with zero attached hydrogens (tertiary/aromatic N) is 1. The Morgan fingerprint density at radius 1 is 1.35 bits per heavy atom. The molecule has 1 aliphatic rings. The topological polar surface area (TPSA) is 38.5 Å². The molecule has 1 aliphatic heterocycles. The molecule has 3 atom stereocenters. The van der Waals surface area contributed by atoms with Crippen molar-refractivity contribution < 1.29 is 4.74 Å². The van der Waals surface area contributed by atoms with Crippen LogP contribution in [-0.4, -0.2) is 25.8 Å². The Balaban J connectivity index is 2.11. The second kappa shape index (κ2) is 5.07. The molecule has 1 aromatic rings. The highest BCUT2D eigenvalue weighted by molar-refractivity contribution is 5.48. The summed E-state index contributed by atoms with van der Waals surface area (Å²) in [4.78, 5) is 2.31. The van der Waals surface area contributed by atoms with Crippen LogP contribution in [0.4, 0.5) is 5.69 Å². The summed E-state index contributed by atoms with van der Waals surface area (Å²) in [5.41, 5.74) is 8.26. The van der Waals surface area contributed by atoms with Gasteiger partial charge in [-0.05, 0) is 38.0 Å². The minimum atomic E-state index is 0.100. The number of anilines is 1. The van der Waals surface area contributed by atoms with E-state index in [4.69, 9.17) is 10.5 Å². The maximum Gasteiger partial charge on any atom is 0.0750 e. The number of ether oxygens (including phenoxy) is 1. The second-order valence-electron chi connectivity index (χ2n) is 4.92. The Kier molecular flexibility index (Phi) is 3.69.